The molecule has 1 atom stereocenters. The van der Waals surface area contributed by atoms with Crippen molar-refractivity contribution in [1.82, 2.24) is 0 Å². The van der Waals surface area contributed by atoms with E-state index < -0.39 is 0 Å². The van der Waals surface area contributed by atoms with E-state index in [9.17, 15) is 4.39 Å². The quantitative estimate of drug-likeness (QED) is 0.852. The Morgan fingerprint density at radius 3 is 2.35 bits per heavy atom. The van der Waals surface area contributed by atoms with Crippen LogP contribution in [0.1, 0.15) is 11.6 Å². The summed E-state index contributed by atoms with van der Waals surface area (Å²) in [7, 11) is 1.87. The predicted molar refractivity (Wildman–Crippen MR) is 84.8 cm³/mol. The first-order valence-electron chi connectivity index (χ1n) is 6.48. The maximum absolute atomic E-state index is 13.9. The molecule has 0 spiro atoms. The summed E-state index contributed by atoms with van der Waals surface area (Å²) in [5.74, 6) is -0.228. The minimum atomic E-state index is -0.228. The second kappa shape index (κ2) is 6.77. The van der Waals surface area contributed by atoms with Crippen LogP contribution in [0, 0.1) is 5.82 Å². The molecule has 1 unspecified atom stereocenters. The molecule has 0 aliphatic rings. The lowest BCUT2D eigenvalue weighted by Crippen LogP contribution is -2.31. The normalized spacial score (nSPS) is 12.2. The van der Waals surface area contributed by atoms with Gasteiger partial charge in [0.2, 0.25) is 0 Å². The van der Waals surface area contributed by atoms with E-state index in [0.29, 0.717) is 12.2 Å². The maximum atomic E-state index is 13.9. The van der Waals surface area contributed by atoms with Crippen LogP contribution in [0.5, 0.6) is 0 Å². The second-order valence-electron chi connectivity index (χ2n) is 4.59. The summed E-state index contributed by atoms with van der Waals surface area (Å²) < 4.78 is 13.9. The number of nitrogens with zero attached hydrogens (tertiary/aromatic N) is 1. The Balaban J connectivity index is 2.29. The number of benzene rings is 2. The van der Waals surface area contributed by atoms with E-state index in [0.717, 1.165) is 5.56 Å². The molecule has 0 aromatic heterocycles. The van der Waals surface area contributed by atoms with Crippen LogP contribution in [0.15, 0.2) is 53.4 Å². The van der Waals surface area contributed by atoms with Crippen molar-refractivity contribution in [2.24, 2.45) is 5.73 Å². The molecule has 2 nitrogen and oxygen atoms in total. The fraction of sp³-hybridized carbons (Fsp3) is 0.250. The van der Waals surface area contributed by atoms with Crippen LogP contribution in [0.4, 0.5) is 10.1 Å². The van der Waals surface area contributed by atoms with E-state index in [-0.39, 0.29) is 11.9 Å². The van der Waals surface area contributed by atoms with Gasteiger partial charge in [0.25, 0.3) is 0 Å². The minimum absolute atomic E-state index is 0.0391. The number of hydrogen-bond acceptors (Lipinski definition) is 3. The fourth-order valence-corrected chi connectivity index (χ4v) is 2.66. The number of thioether (sulfide) groups is 1. The van der Waals surface area contributed by atoms with E-state index in [2.05, 4.69) is 24.3 Å². The van der Waals surface area contributed by atoms with Gasteiger partial charge in [-0.1, -0.05) is 24.3 Å². The molecule has 4 heteroatoms. The number of hydrogen-bond donors (Lipinski definition) is 1. The molecule has 0 saturated carbocycles. The van der Waals surface area contributed by atoms with Crippen LogP contribution in [-0.4, -0.2) is 19.8 Å². The van der Waals surface area contributed by atoms with Crippen molar-refractivity contribution in [2.75, 3.05) is 24.7 Å². The van der Waals surface area contributed by atoms with Crippen molar-refractivity contribution in [3.8, 4) is 0 Å². The molecule has 2 aromatic carbocycles. The zero-order valence-electron chi connectivity index (χ0n) is 11.7. The van der Waals surface area contributed by atoms with E-state index in [1.807, 2.05) is 24.3 Å². The third-order valence-electron chi connectivity index (χ3n) is 3.42. The lowest BCUT2D eigenvalue weighted by molar-refractivity contribution is 0.603. The summed E-state index contributed by atoms with van der Waals surface area (Å²) in [5, 5.41) is 0. The first-order chi connectivity index (χ1) is 9.67. The molecule has 0 radical (unpaired) electrons. The molecule has 0 saturated heterocycles. The van der Waals surface area contributed by atoms with E-state index >= 15 is 0 Å². The standard InChI is InChI=1S/C16H19FN2S/c1-19(15-6-4-3-5-14(15)17)16(11-18)12-7-9-13(20-2)10-8-12/h3-10,16H,11,18H2,1-2H3. The van der Waals surface area contributed by atoms with Gasteiger partial charge in [0.15, 0.2) is 0 Å². The highest BCUT2D eigenvalue weighted by Gasteiger charge is 2.18. The van der Waals surface area contributed by atoms with Gasteiger partial charge < -0.3 is 10.6 Å². The molecule has 2 N–H and O–H groups in total. The van der Waals surface area contributed by atoms with Crippen LogP contribution < -0.4 is 10.6 Å². The molecule has 0 heterocycles. The minimum Gasteiger partial charge on any atom is -0.364 e. The van der Waals surface area contributed by atoms with E-state index in [1.54, 1.807) is 23.9 Å². The molecule has 2 aromatic rings. The van der Waals surface area contributed by atoms with Crippen LogP contribution in [0.25, 0.3) is 0 Å². The van der Waals surface area contributed by atoms with Crippen LogP contribution >= 0.6 is 11.8 Å². The summed E-state index contributed by atoms with van der Waals surface area (Å²) in [5.41, 5.74) is 7.55. The number of halogens is 1. The Morgan fingerprint density at radius 1 is 1.15 bits per heavy atom. The fourth-order valence-electron chi connectivity index (χ4n) is 2.25. The number of likely N-dealkylation sites (N-methyl/N-ethyl adjacent to an activating group) is 1. The Labute approximate surface area is 123 Å². The molecule has 0 aliphatic heterocycles. The lowest BCUT2D eigenvalue weighted by atomic mass is 10.1. The highest BCUT2D eigenvalue weighted by molar-refractivity contribution is 7.98. The van der Waals surface area contributed by atoms with Gasteiger partial charge in [0.05, 0.1) is 11.7 Å². The topological polar surface area (TPSA) is 29.3 Å². The highest BCUT2D eigenvalue weighted by Crippen LogP contribution is 2.28. The molecule has 20 heavy (non-hydrogen) atoms. The van der Waals surface area contributed by atoms with Gasteiger partial charge in [0, 0.05) is 18.5 Å². The van der Waals surface area contributed by atoms with Gasteiger partial charge >= 0.3 is 0 Å². The van der Waals surface area contributed by atoms with Crippen molar-refractivity contribution in [3.05, 3.63) is 59.9 Å². The lowest BCUT2D eigenvalue weighted by Gasteiger charge is -2.29. The predicted octanol–water partition coefficient (Wildman–Crippen LogP) is 3.68. The van der Waals surface area contributed by atoms with Gasteiger partial charge in [-0.15, -0.1) is 11.8 Å². The molecule has 0 amide bonds. The number of nitrogens with two attached hydrogens (primary N) is 1. The van der Waals surface area contributed by atoms with Gasteiger partial charge in [-0.3, -0.25) is 0 Å². The maximum Gasteiger partial charge on any atom is 0.146 e. The largest absolute Gasteiger partial charge is 0.364 e. The number of para-hydroxylation sites is 1. The first kappa shape index (κ1) is 14.9. The van der Waals surface area contributed by atoms with Crippen molar-refractivity contribution >= 4 is 17.4 Å². The summed E-state index contributed by atoms with van der Waals surface area (Å²) in [6.45, 7) is 0.434. The highest BCUT2D eigenvalue weighted by atomic mass is 32.2. The van der Waals surface area contributed by atoms with Crippen molar-refractivity contribution < 1.29 is 4.39 Å². The molecule has 0 bridgehead atoms. The average molecular weight is 290 g/mol. The van der Waals surface area contributed by atoms with Gasteiger partial charge in [-0.05, 0) is 36.1 Å². The summed E-state index contributed by atoms with van der Waals surface area (Å²) in [6.07, 6.45) is 2.04. The molecule has 0 aliphatic carbocycles. The van der Waals surface area contributed by atoms with E-state index in [1.165, 1.54) is 11.0 Å². The Kier molecular flexibility index (Phi) is 5.04. The van der Waals surface area contributed by atoms with Crippen molar-refractivity contribution in [1.29, 1.82) is 0 Å². The van der Waals surface area contributed by atoms with E-state index in [4.69, 9.17) is 5.73 Å². The zero-order valence-corrected chi connectivity index (χ0v) is 12.5. The Morgan fingerprint density at radius 2 is 1.80 bits per heavy atom. The van der Waals surface area contributed by atoms with Crippen LogP contribution in [-0.2, 0) is 0 Å². The summed E-state index contributed by atoms with van der Waals surface area (Å²) in [6, 6.07) is 15.0. The number of anilines is 1. The molecule has 0 fully saturated rings. The van der Waals surface area contributed by atoms with Gasteiger partial charge in [0.1, 0.15) is 5.82 Å². The zero-order chi connectivity index (χ0) is 14.5. The average Bonchev–Trinajstić information content (AvgIpc) is 2.49. The van der Waals surface area contributed by atoms with Crippen LogP contribution in [0.3, 0.4) is 0 Å². The molecule has 106 valence electrons. The summed E-state index contributed by atoms with van der Waals surface area (Å²) in [4.78, 5) is 3.10. The van der Waals surface area contributed by atoms with Crippen LogP contribution in [0.2, 0.25) is 0 Å². The Hall–Kier alpha value is -1.52. The molecule has 2 rings (SSSR count). The molecular formula is C16H19FN2S. The van der Waals surface area contributed by atoms with Gasteiger partial charge in [-0.25, -0.2) is 4.39 Å². The second-order valence-corrected chi connectivity index (χ2v) is 5.47. The Bertz CT molecular complexity index is 557. The third-order valence-corrected chi connectivity index (χ3v) is 4.17. The molecular weight excluding hydrogens is 271 g/mol. The SMILES string of the molecule is CSc1ccc(C(CN)N(C)c2ccccc2F)cc1. The van der Waals surface area contributed by atoms with Crippen molar-refractivity contribution in [3.63, 3.8) is 0 Å². The number of rotatable bonds is 5. The smallest absolute Gasteiger partial charge is 0.146 e. The van der Waals surface area contributed by atoms with Gasteiger partial charge in [-0.2, -0.15) is 0 Å². The first-order valence-corrected chi connectivity index (χ1v) is 7.71. The van der Waals surface area contributed by atoms with Crippen molar-refractivity contribution in [2.45, 2.75) is 10.9 Å². The summed E-state index contributed by atoms with van der Waals surface area (Å²) >= 11 is 1.70. The monoisotopic (exact) mass is 290 g/mol. The third kappa shape index (κ3) is 3.14.